The summed E-state index contributed by atoms with van der Waals surface area (Å²) < 4.78 is 11.7. The van der Waals surface area contributed by atoms with Crippen LogP contribution in [0, 0.1) is 6.92 Å². The molecule has 9 heteroatoms. The van der Waals surface area contributed by atoms with Gasteiger partial charge in [0.15, 0.2) is 5.65 Å². The Morgan fingerprint density at radius 3 is 2.61 bits per heavy atom. The van der Waals surface area contributed by atoms with E-state index >= 15 is 0 Å². The molecule has 2 N–H and O–H groups in total. The third-order valence-corrected chi connectivity index (χ3v) is 5.50. The van der Waals surface area contributed by atoms with Crippen LogP contribution >= 0.6 is 11.8 Å². The quantitative estimate of drug-likeness (QED) is 0.431. The highest BCUT2D eigenvalue weighted by molar-refractivity contribution is 7.98. The van der Waals surface area contributed by atoms with Crippen LogP contribution in [0.25, 0.3) is 5.65 Å². The highest BCUT2D eigenvalue weighted by Crippen LogP contribution is 2.30. The molecular weight excluding hydrogens is 416 g/mol. The molecule has 2 heterocycles. The van der Waals surface area contributed by atoms with E-state index < -0.39 is 0 Å². The number of hydrogen-bond donors (Lipinski definition) is 2. The maximum Gasteiger partial charge on any atom is 0.323 e. The van der Waals surface area contributed by atoms with Crippen molar-refractivity contribution in [3.63, 3.8) is 0 Å². The molecule has 0 saturated carbocycles. The van der Waals surface area contributed by atoms with Crippen molar-refractivity contribution in [1.29, 1.82) is 0 Å². The molecule has 4 aromatic rings. The van der Waals surface area contributed by atoms with Crippen LogP contribution in [0.5, 0.6) is 5.75 Å². The van der Waals surface area contributed by atoms with Gasteiger partial charge in [-0.2, -0.15) is 0 Å². The maximum atomic E-state index is 12.5. The molecule has 0 fully saturated rings. The Kier molecular flexibility index (Phi) is 5.94. The van der Waals surface area contributed by atoms with E-state index in [1.165, 1.54) is 22.4 Å². The number of para-hydroxylation sites is 3. The number of fused-ring (bicyclic) bond motifs is 1. The van der Waals surface area contributed by atoms with Crippen LogP contribution < -0.4 is 20.9 Å². The zero-order chi connectivity index (χ0) is 21.8. The Balaban J connectivity index is 1.47. The van der Waals surface area contributed by atoms with Crippen LogP contribution in [0.3, 0.4) is 0 Å². The molecule has 31 heavy (non-hydrogen) atoms. The molecule has 8 nitrogen and oxygen atoms in total. The van der Waals surface area contributed by atoms with Gasteiger partial charge in [-0.25, -0.2) is 9.78 Å². The van der Waals surface area contributed by atoms with E-state index in [-0.39, 0.29) is 11.6 Å². The number of thioether (sulfide) groups is 1. The van der Waals surface area contributed by atoms with Crippen LogP contribution in [0.15, 0.2) is 74.9 Å². The molecule has 0 aliphatic carbocycles. The minimum absolute atomic E-state index is 0.267. The first-order valence-electron chi connectivity index (χ1n) is 9.46. The second kappa shape index (κ2) is 8.97. The van der Waals surface area contributed by atoms with Gasteiger partial charge in [-0.1, -0.05) is 24.3 Å². The Morgan fingerprint density at radius 2 is 1.81 bits per heavy atom. The minimum Gasteiger partial charge on any atom is -0.495 e. The van der Waals surface area contributed by atoms with Gasteiger partial charge < -0.3 is 19.9 Å². The van der Waals surface area contributed by atoms with Crippen molar-refractivity contribution in [2.45, 2.75) is 17.6 Å². The Morgan fingerprint density at radius 1 is 1.10 bits per heavy atom. The molecule has 2 amide bonds. The topological polar surface area (TPSA) is 97.9 Å². The van der Waals surface area contributed by atoms with E-state index in [9.17, 15) is 9.59 Å². The molecule has 0 aliphatic heterocycles. The molecular formula is C22H20N4O4S. The molecule has 4 rings (SSSR count). The third-order valence-electron chi connectivity index (χ3n) is 4.39. The van der Waals surface area contributed by atoms with E-state index in [0.29, 0.717) is 40.0 Å². The number of nitrogens with zero attached hydrogens (tertiary/aromatic N) is 2. The summed E-state index contributed by atoms with van der Waals surface area (Å²) in [5.74, 6) is 1.65. The molecule has 158 valence electrons. The van der Waals surface area contributed by atoms with E-state index in [1.54, 1.807) is 32.2 Å². The van der Waals surface area contributed by atoms with Gasteiger partial charge in [-0.15, -0.1) is 16.3 Å². The first-order chi connectivity index (χ1) is 15.0. The zero-order valence-electron chi connectivity index (χ0n) is 16.9. The molecule has 0 saturated heterocycles. The lowest BCUT2D eigenvalue weighted by Gasteiger charge is -2.13. The van der Waals surface area contributed by atoms with E-state index in [4.69, 9.17) is 9.26 Å². The second-order valence-electron chi connectivity index (χ2n) is 6.65. The highest BCUT2D eigenvalue weighted by Gasteiger charge is 2.11. The van der Waals surface area contributed by atoms with Crippen LogP contribution in [-0.4, -0.2) is 22.7 Å². The van der Waals surface area contributed by atoms with E-state index in [2.05, 4.69) is 15.6 Å². The highest BCUT2D eigenvalue weighted by atomic mass is 32.2. The molecule has 0 unspecified atom stereocenters. The lowest BCUT2D eigenvalue weighted by atomic mass is 10.3. The Labute approximate surface area is 182 Å². The summed E-state index contributed by atoms with van der Waals surface area (Å²) in [6.07, 6.45) is 0. The largest absolute Gasteiger partial charge is 0.495 e. The van der Waals surface area contributed by atoms with Gasteiger partial charge in [0.1, 0.15) is 11.5 Å². The molecule has 0 aliphatic rings. The first-order valence-corrected chi connectivity index (χ1v) is 10.4. The fourth-order valence-electron chi connectivity index (χ4n) is 3.02. The van der Waals surface area contributed by atoms with Crippen molar-refractivity contribution in [3.05, 3.63) is 82.5 Å². The normalized spacial score (nSPS) is 10.8. The summed E-state index contributed by atoms with van der Waals surface area (Å²) in [5.41, 5.74) is 2.06. The summed E-state index contributed by atoms with van der Waals surface area (Å²) in [5, 5.41) is 5.65. The van der Waals surface area contributed by atoms with E-state index in [0.717, 1.165) is 4.90 Å². The Hall–Kier alpha value is -3.72. The Bertz CT molecular complexity index is 1300. The number of methoxy groups -OCH3 is 1. The number of aryl methyl sites for hydroxylation is 1. The van der Waals surface area contributed by atoms with Crippen molar-refractivity contribution >= 4 is 34.8 Å². The van der Waals surface area contributed by atoms with Gasteiger partial charge in [-0.3, -0.25) is 4.79 Å². The molecule has 0 atom stereocenters. The number of aromatic nitrogens is 2. The van der Waals surface area contributed by atoms with Crippen molar-refractivity contribution < 1.29 is 14.1 Å². The summed E-state index contributed by atoms with van der Waals surface area (Å²) >= 11 is 1.47. The predicted octanol–water partition coefficient (Wildman–Crippen LogP) is 4.54. The number of anilines is 2. The van der Waals surface area contributed by atoms with Crippen LogP contribution in [0.4, 0.5) is 16.2 Å². The molecule has 0 radical (unpaired) electrons. The van der Waals surface area contributed by atoms with Crippen LogP contribution in [0.1, 0.15) is 11.5 Å². The molecule has 2 aromatic heterocycles. The number of carbonyl (C=O) groups is 1. The van der Waals surface area contributed by atoms with Gasteiger partial charge in [0, 0.05) is 22.8 Å². The number of benzene rings is 2. The monoisotopic (exact) mass is 436 g/mol. The molecule has 0 bridgehead atoms. The molecule has 2 aromatic carbocycles. The number of hydrogen-bond acceptors (Lipinski definition) is 6. The number of rotatable bonds is 6. The number of amides is 2. The standard InChI is InChI=1S/C22H20N4O4S/c1-14-11-20-23-15(12-21(27)26(20)30-14)13-31-19-10-6-4-8-17(19)25-22(28)24-16-7-3-5-9-18(16)29-2/h3-12H,13H2,1-2H3,(H2,24,25,28). The number of ether oxygens (including phenoxy) is 1. The summed E-state index contributed by atoms with van der Waals surface area (Å²) in [4.78, 5) is 30.0. The van der Waals surface area contributed by atoms with Crippen molar-refractivity contribution in [2.75, 3.05) is 17.7 Å². The molecule has 0 spiro atoms. The van der Waals surface area contributed by atoms with Gasteiger partial charge in [0.2, 0.25) is 0 Å². The SMILES string of the molecule is COc1ccccc1NC(=O)Nc1ccccc1SCc1cc(=O)n2oc(C)cc2n1. The fraction of sp³-hybridized carbons (Fsp3) is 0.136. The second-order valence-corrected chi connectivity index (χ2v) is 7.67. The predicted molar refractivity (Wildman–Crippen MR) is 120 cm³/mol. The van der Waals surface area contributed by atoms with Crippen LogP contribution in [0.2, 0.25) is 0 Å². The minimum atomic E-state index is -0.385. The summed E-state index contributed by atoms with van der Waals surface area (Å²) in [6.45, 7) is 1.76. The fourth-order valence-corrected chi connectivity index (χ4v) is 3.92. The summed E-state index contributed by atoms with van der Waals surface area (Å²) in [7, 11) is 1.55. The zero-order valence-corrected chi connectivity index (χ0v) is 17.7. The van der Waals surface area contributed by atoms with Crippen molar-refractivity contribution in [2.24, 2.45) is 0 Å². The smallest absolute Gasteiger partial charge is 0.323 e. The number of carbonyl (C=O) groups excluding carboxylic acids is 1. The van der Waals surface area contributed by atoms with Gasteiger partial charge in [0.25, 0.3) is 5.56 Å². The summed E-state index contributed by atoms with van der Waals surface area (Å²) in [6, 6.07) is 17.4. The van der Waals surface area contributed by atoms with Crippen molar-refractivity contribution in [1.82, 2.24) is 9.56 Å². The van der Waals surface area contributed by atoms with E-state index in [1.807, 2.05) is 36.4 Å². The lowest BCUT2D eigenvalue weighted by Crippen LogP contribution is -2.20. The van der Waals surface area contributed by atoms with Gasteiger partial charge in [0.05, 0.1) is 24.2 Å². The first kappa shape index (κ1) is 20.5. The third kappa shape index (κ3) is 4.72. The van der Waals surface area contributed by atoms with Crippen LogP contribution in [-0.2, 0) is 5.75 Å². The maximum absolute atomic E-state index is 12.5. The van der Waals surface area contributed by atoms with Gasteiger partial charge in [-0.05, 0) is 31.2 Å². The van der Waals surface area contributed by atoms with Gasteiger partial charge >= 0.3 is 6.03 Å². The number of urea groups is 1. The van der Waals surface area contributed by atoms with Crippen molar-refractivity contribution in [3.8, 4) is 5.75 Å². The lowest BCUT2D eigenvalue weighted by molar-refractivity contribution is 0.262. The average molecular weight is 436 g/mol. The average Bonchev–Trinajstić information content (AvgIpc) is 3.14. The number of nitrogens with one attached hydrogen (secondary N) is 2.